The molecule has 4 heterocycles. The predicted molar refractivity (Wildman–Crippen MR) is 92.1 cm³/mol. The zero-order valence-electron chi connectivity index (χ0n) is 14.8. The summed E-state index contributed by atoms with van der Waals surface area (Å²) >= 11 is 0. The van der Waals surface area contributed by atoms with Crippen LogP contribution in [0.4, 0.5) is 0 Å². The quantitative estimate of drug-likeness (QED) is 0.801. The SMILES string of the molecule is O[C@@]1(c2ccc3c(c2)OCO3)OC[C@H]2[C@H](c3ccc4c(c3)OCO4)OC[C@]21O. The van der Waals surface area contributed by atoms with Crippen LogP contribution in [0.5, 0.6) is 23.0 Å². The van der Waals surface area contributed by atoms with E-state index in [-0.39, 0.29) is 26.8 Å². The molecule has 8 nitrogen and oxygen atoms in total. The zero-order chi connectivity index (χ0) is 18.9. The Kier molecular flexibility index (Phi) is 3.24. The Morgan fingerprint density at radius 1 is 0.821 bits per heavy atom. The number of rotatable bonds is 2. The highest BCUT2D eigenvalue weighted by atomic mass is 16.7. The summed E-state index contributed by atoms with van der Waals surface area (Å²) in [4.78, 5) is 0. The van der Waals surface area contributed by atoms with Gasteiger partial charge < -0.3 is 38.6 Å². The number of hydrogen-bond acceptors (Lipinski definition) is 8. The van der Waals surface area contributed by atoms with Gasteiger partial charge in [0.1, 0.15) is 0 Å². The van der Waals surface area contributed by atoms with Crippen LogP contribution >= 0.6 is 0 Å². The van der Waals surface area contributed by atoms with Crippen molar-refractivity contribution in [2.45, 2.75) is 17.5 Å². The maximum absolute atomic E-state index is 11.4. The second-order valence-corrected chi connectivity index (χ2v) is 7.40. The largest absolute Gasteiger partial charge is 0.454 e. The summed E-state index contributed by atoms with van der Waals surface area (Å²) in [5, 5.41) is 22.8. The minimum atomic E-state index is -1.91. The summed E-state index contributed by atoms with van der Waals surface area (Å²) in [6, 6.07) is 10.5. The van der Waals surface area contributed by atoms with E-state index < -0.39 is 23.4 Å². The average molecular weight is 386 g/mol. The monoisotopic (exact) mass is 386 g/mol. The molecule has 2 N–H and O–H groups in total. The molecule has 0 radical (unpaired) electrons. The van der Waals surface area contributed by atoms with Gasteiger partial charge in [-0.2, -0.15) is 0 Å². The summed E-state index contributed by atoms with van der Waals surface area (Å²) < 4.78 is 33.2. The molecule has 2 aromatic rings. The Hall–Kier alpha value is -2.52. The Balaban J connectivity index is 1.35. The second kappa shape index (κ2) is 5.51. The van der Waals surface area contributed by atoms with Crippen molar-refractivity contribution in [1.82, 2.24) is 0 Å². The van der Waals surface area contributed by atoms with E-state index in [4.69, 9.17) is 28.4 Å². The molecule has 0 bridgehead atoms. The first-order valence-electron chi connectivity index (χ1n) is 9.08. The van der Waals surface area contributed by atoms with Crippen molar-refractivity contribution in [1.29, 1.82) is 0 Å². The Bertz CT molecular complexity index is 961. The molecule has 4 aliphatic heterocycles. The lowest BCUT2D eigenvalue weighted by Gasteiger charge is -2.35. The predicted octanol–water partition coefficient (Wildman–Crippen LogP) is 1.44. The van der Waals surface area contributed by atoms with E-state index in [9.17, 15) is 10.2 Å². The molecule has 2 saturated heterocycles. The van der Waals surface area contributed by atoms with Crippen LogP contribution < -0.4 is 18.9 Å². The molecule has 0 saturated carbocycles. The maximum Gasteiger partial charge on any atom is 0.231 e. The van der Waals surface area contributed by atoms with Gasteiger partial charge in [0.05, 0.1) is 19.3 Å². The van der Waals surface area contributed by atoms with E-state index in [1.54, 1.807) is 18.2 Å². The van der Waals surface area contributed by atoms with Crippen molar-refractivity contribution in [3.05, 3.63) is 47.5 Å². The van der Waals surface area contributed by atoms with Crippen molar-refractivity contribution in [3.8, 4) is 23.0 Å². The fourth-order valence-corrected chi connectivity index (χ4v) is 4.46. The molecule has 6 rings (SSSR count). The van der Waals surface area contributed by atoms with Crippen LogP contribution in [0.15, 0.2) is 36.4 Å². The summed E-state index contributed by atoms with van der Waals surface area (Å²) in [5.41, 5.74) is -0.373. The van der Waals surface area contributed by atoms with E-state index in [1.807, 2.05) is 18.2 Å². The minimum Gasteiger partial charge on any atom is -0.454 e. The standard InChI is InChI=1S/C20H18O8/c21-19-8-23-18(11-1-3-14-16(5-11)26-9-24-14)13(19)7-28-20(19,22)12-2-4-15-17(6-12)27-10-25-15/h1-6,13,18,21-22H,7-10H2/t13-,18-,19-,20-/m0/s1. The van der Waals surface area contributed by atoms with E-state index in [0.29, 0.717) is 28.6 Å². The Morgan fingerprint density at radius 2 is 1.50 bits per heavy atom. The Labute approximate surface area is 160 Å². The molecule has 8 heteroatoms. The molecule has 0 spiro atoms. The third-order valence-corrected chi connectivity index (χ3v) is 6.01. The van der Waals surface area contributed by atoms with Crippen LogP contribution in [0, 0.1) is 5.92 Å². The lowest BCUT2D eigenvalue weighted by atomic mass is 9.78. The molecular formula is C20H18O8. The molecule has 0 unspecified atom stereocenters. The van der Waals surface area contributed by atoms with Gasteiger partial charge in [-0.05, 0) is 35.9 Å². The molecule has 4 aliphatic rings. The third kappa shape index (κ3) is 2.03. The van der Waals surface area contributed by atoms with Crippen LogP contribution in [0.3, 0.4) is 0 Å². The zero-order valence-corrected chi connectivity index (χ0v) is 14.8. The van der Waals surface area contributed by atoms with Crippen LogP contribution in [-0.4, -0.2) is 42.6 Å². The Morgan fingerprint density at radius 3 is 2.29 bits per heavy atom. The lowest BCUT2D eigenvalue weighted by Crippen LogP contribution is -2.52. The van der Waals surface area contributed by atoms with Crippen LogP contribution in [0.2, 0.25) is 0 Å². The normalized spacial score (nSPS) is 34.6. The lowest BCUT2D eigenvalue weighted by molar-refractivity contribution is -0.268. The van der Waals surface area contributed by atoms with Gasteiger partial charge in [0, 0.05) is 11.5 Å². The average Bonchev–Trinajstić information content (AvgIpc) is 3.46. The fourth-order valence-electron chi connectivity index (χ4n) is 4.46. The van der Waals surface area contributed by atoms with Crippen molar-refractivity contribution in [2.75, 3.05) is 26.8 Å². The summed E-state index contributed by atoms with van der Waals surface area (Å²) in [6.07, 6.45) is -0.442. The maximum atomic E-state index is 11.4. The summed E-state index contributed by atoms with van der Waals surface area (Å²) in [6.45, 7) is 0.382. The van der Waals surface area contributed by atoms with Crippen molar-refractivity contribution < 1.29 is 38.6 Å². The highest BCUT2D eigenvalue weighted by molar-refractivity contribution is 5.48. The topological polar surface area (TPSA) is 95.8 Å². The number of fused-ring (bicyclic) bond motifs is 3. The van der Waals surface area contributed by atoms with E-state index in [1.165, 1.54) is 0 Å². The molecule has 0 aliphatic carbocycles. The van der Waals surface area contributed by atoms with Crippen LogP contribution in [0.25, 0.3) is 0 Å². The highest BCUT2D eigenvalue weighted by Crippen LogP contribution is 2.56. The van der Waals surface area contributed by atoms with Crippen molar-refractivity contribution in [3.63, 3.8) is 0 Å². The number of aliphatic hydroxyl groups is 2. The van der Waals surface area contributed by atoms with Crippen molar-refractivity contribution in [2.24, 2.45) is 5.92 Å². The van der Waals surface area contributed by atoms with Crippen LogP contribution in [-0.2, 0) is 15.3 Å². The first-order chi connectivity index (χ1) is 13.6. The minimum absolute atomic E-state index is 0.0677. The third-order valence-electron chi connectivity index (χ3n) is 6.01. The smallest absolute Gasteiger partial charge is 0.231 e. The number of hydrogen-bond donors (Lipinski definition) is 2. The second-order valence-electron chi connectivity index (χ2n) is 7.40. The first kappa shape index (κ1) is 16.4. The summed E-state index contributed by atoms with van der Waals surface area (Å²) in [7, 11) is 0. The molecule has 146 valence electrons. The molecule has 2 aromatic carbocycles. The van der Waals surface area contributed by atoms with Gasteiger partial charge in [-0.3, -0.25) is 0 Å². The molecule has 0 aromatic heterocycles. The van der Waals surface area contributed by atoms with Gasteiger partial charge in [-0.25, -0.2) is 0 Å². The number of ether oxygens (including phenoxy) is 6. The van der Waals surface area contributed by atoms with Gasteiger partial charge in [0.2, 0.25) is 19.4 Å². The van der Waals surface area contributed by atoms with E-state index >= 15 is 0 Å². The van der Waals surface area contributed by atoms with E-state index in [0.717, 1.165) is 5.56 Å². The number of benzene rings is 2. The molecule has 4 atom stereocenters. The first-order valence-corrected chi connectivity index (χ1v) is 9.08. The molecule has 0 amide bonds. The summed E-state index contributed by atoms with van der Waals surface area (Å²) in [5.74, 6) is 0.0490. The van der Waals surface area contributed by atoms with Gasteiger partial charge >= 0.3 is 0 Å². The molecular weight excluding hydrogens is 368 g/mol. The van der Waals surface area contributed by atoms with Gasteiger partial charge in [-0.1, -0.05) is 6.07 Å². The van der Waals surface area contributed by atoms with Gasteiger partial charge in [0.25, 0.3) is 0 Å². The molecule has 2 fully saturated rings. The fraction of sp³-hybridized carbons (Fsp3) is 0.400. The molecule has 28 heavy (non-hydrogen) atoms. The van der Waals surface area contributed by atoms with Crippen molar-refractivity contribution >= 4 is 0 Å². The van der Waals surface area contributed by atoms with Gasteiger partial charge in [0.15, 0.2) is 28.6 Å². The van der Waals surface area contributed by atoms with Gasteiger partial charge in [-0.15, -0.1) is 0 Å². The van der Waals surface area contributed by atoms with E-state index in [2.05, 4.69) is 0 Å². The van der Waals surface area contributed by atoms with Crippen LogP contribution in [0.1, 0.15) is 17.2 Å². The highest BCUT2D eigenvalue weighted by Gasteiger charge is 2.67.